The largest absolute Gasteiger partial charge is 0.490 e. The number of aliphatic carboxylic acids is 1. The lowest BCUT2D eigenvalue weighted by atomic mass is 10.2. The number of carboxylic acid groups (broad SMARTS) is 1. The summed E-state index contributed by atoms with van der Waals surface area (Å²) in [6, 6.07) is 18.7. The van der Waals surface area contributed by atoms with Crippen molar-refractivity contribution in [2.75, 3.05) is 72.8 Å². The van der Waals surface area contributed by atoms with E-state index in [0.29, 0.717) is 16.9 Å². The van der Waals surface area contributed by atoms with Crippen molar-refractivity contribution in [2.24, 2.45) is 0 Å². The van der Waals surface area contributed by atoms with E-state index in [2.05, 4.69) is 36.1 Å². The highest BCUT2D eigenvalue weighted by Gasteiger charge is 2.38. The molecule has 5 rings (SSSR count). The van der Waals surface area contributed by atoms with Crippen molar-refractivity contribution in [3.63, 3.8) is 0 Å². The van der Waals surface area contributed by atoms with E-state index in [1.165, 1.54) is 12.3 Å². The number of rotatable bonds is 6. The molecule has 2 aliphatic heterocycles. The van der Waals surface area contributed by atoms with Crippen molar-refractivity contribution in [3.05, 3.63) is 78.1 Å². The average molecular weight is 600 g/mol. The number of aromatic nitrogens is 1. The van der Waals surface area contributed by atoms with E-state index in [1.807, 2.05) is 48.5 Å². The van der Waals surface area contributed by atoms with E-state index in [-0.39, 0.29) is 17.5 Å². The smallest absolute Gasteiger partial charge is 0.475 e. The summed E-state index contributed by atoms with van der Waals surface area (Å²) < 4.78 is 31.7. The van der Waals surface area contributed by atoms with Gasteiger partial charge in [0.2, 0.25) is 0 Å². The third-order valence-electron chi connectivity index (χ3n) is 6.71. The van der Waals surface area contributed by atoms with Crippen LogP contribution in [0.15, 0.2) is 66.9 Å². The molecular weight excluding hydrogens is 567 g/mol. The van der Waals surface area contributed by atoms with Gasteiger partial charge in [0.25, 0.3) is 11.8 Å². The molecule has 0 saturated carbocycles. The summed E-state index contributed by atoms with van der Waals surface area (Å²) in [5, 5.41) is 19.6. The van der Waals surface area contributed by atoms with Gasteiger partial charge in [-0.05, 0) is 60.7 Å². The van der Waals surface area contributed by atoms with Crippen LogP contribution in [0.5, 0.6) is 0 Å². The molecule has 0 atom stereocenters. The molecule has 0 bridgehead atoms. The lowest BCUT2D eigenvalue weighted by Gasteiger charge is -2.29. The Morgan fingerprint density at radius 2 is 1.14 bits per heavy atom. The van der Waals surface area contributed by atoms with Crippen molar-refractivity contribution < 1.29 is 32.7 Å². The maximum absolute atomic E-state index is 12.8. The first kappa shape index (κ1) is 31.3. The van der Waals surface area contributed by atoms with Gasteiger partial charge in [0.05, 0.1) is 0 Å². The summed E-state index contributed by atoms with van der Waals surface area (Å²) in [7, 11) is 0. The molecule has 0 radical (unpaired) electrons. The van der Waals surface area contributed by atoms with Gasteiger partial charge in [-0.2, -0.15) is 13.2 Å². The van der Waals surface area contributed by atoms with E-state index in [9.17, 15) is 22.8 Å². The molecule has 228 valence electrons. The van der Waals surface area contributed by atoms with Crippen molar-refractivity contribution >= 4 is 40.5 Å². The van der Waals surface area contributed by atoms with Gasteiger partial charge >= 0.3 is 12.1 Å². The molecule has 0 aliphatic carbocycles. The van der Waals surface area contributed by atoms with Crippen LogP contribution in [-0.4, -0.2) is 86.4 Å². The molecule has 14 heteroatoms. The zero-order valence-corrected chi connectivity index (χ0v) is 23.2. The topological polar surface area (TPSA) is 139 Å². The van der Waals surface area contributed by atoms with Crippen LogP contribution in [0, 0.1) is 0 Å². The second kappa shape index (κ2) is 14.5. The van der Waals surface area contributed by atoms with Crippen LogP contribution in [0.2, 0.25) is 0 Å². The number of halogens is 3. The number of alkyl halides is 3. The van der Waals surface area contributed by atoms with Crippen molar-refractivity contribution in [3.8, 4) is 0 Å². The highest BCUT2D eigenvalue weighted by atomic mass is 19.4. The molecular formula is C29H32F3N7O4. The molecule has 1 aromatic heterocycles. The van der Waals surface area contributed by atoms with Gasteiger partial charge in [-0.25, -0.2) is 4.79 Å². The molecule has 2 amide bonds. The number of hydrogen-bond acceptors (Lipinski definition) is 8. The van der Waals surface area contributed by atoms with Crippen LogP contribution < -0.4 is 31.1 Å². The Morgan fingerprint density at radius 1 is 0.721 bits per heavy atom. The Labute approximate surface area is 246 Å². The van der Waals surface area contributed by atoms with Crippen molar-refractivity contribution in [2.45, 2.75) is 6.18 Å². The summed E-state index contributed by atoms with van der Waals surface area (Å²) in [6.07, 6.45) is -3.61. The number of carbonyl (C=O) groups excluding carboxylic acids is 2. The molecule has 11 nitrogen and oxygen atoms in total. The third-order valence-corrected chi connectivity index (χ3v) is 6.71. The van der Waals surface area contributed by atoms with Gasteiger partial charge in [0.15, 0.2) is 0 Å². The lowest BCUT2D eigenvalue weighted by molar-refractivity contribution is -0.192. The Bertz CT molecular complexity index is 1300. The van der Waals surface area contributed by atoms with E-state index in [0.717, 1.165) is 63.7 Å². The monoisotopic (exact) mass is 599 g/mol. The van der Waals surface area contributed by atoms with Gasteiger partial charge in [-0.1, -0.05) is 0 Å². The van der Waals surface area contributed by atoms with Crippen LogP contribution in [0.1, 0.15) is 20.8 Å². The fourth-order valence-electron chi connectivity index (χ4n) is 4.45. The fraction of sp³-hybridized carbons (Fsp3) is 0.310. The van der Waals surface area contributed by atoms with Crippen molar-refractivity contribution in [1.29, 1.82) is 0 Å². The molecule has 2 aliphatic rings. The van der Waals surface area contributed by atoms with Gasteiger partial charge in [-0.3, -0.25) is 14.6 Å². The van der Waals surface area contributed by atoms with E-state index in [1.54, 1.807) is 6.07 Å². The maximum Gasteiger partial charge on any atom is 0.490 e. The molecule has 0 unspecified atom stereocenters. The zero-order valence-electron chi connectivity index (χ0n) is 23.2. The number of carbonyl (C=O) groups is 3. The lowest BCUT2D eigenvalue weighted by Crippen LogP contribution is -2.43. The normalized spacial score (nSPS) is 15.1. The zero-order chi connectivity index (χ0) is 30.8. The minimum Gasteiger partial charge on any atom is -0.475 e. The van der Waals surface area contributed by atoms with Gasteiger partial charge < -0.3 is 36.2 Å². The summed E-state index contributed by atoms with van der Waals surface area (Å²) in [4.78, 5) is 43.3. The predicted octanol–water partition coefficient (Wildman–Crippen LogP) is 3.04. The van der Waals surface area contributed by atoms with Crippen LogP contribution in [0.25, 0.3) is 0 Å². The van der Waals surface area contributed by atoms with Crippen LogP contribution in [0.3, 0.4) is 0 Å². The minimum atomic E-state index is -5.08. The predicted molar refractivity (Wildman–Crippen MR) is 157 cm³/mol. The number of nitrogens with one attached hydrogen (secondary N) is 4. The summed E-state index contributed by atoms with van der Waals surface area (Å²) >= 11 is 0. The quantitative estimate of drug-likeness (QED) is 0.289. The van der Waals surface area contributed by atoms with Crippen LogP contribution >= 0.6 is 0 Å². The Kier molecular flexibility index (Phi) is 10.5. The number of anilines is 4. The maximum atomic E-state index is 12.8. The van der Waals surface area contributed by atoms with Crippen LogP contribution in [-0.2, 0) is 4.79 Å². The summed E-state index contributed by atoms with van der Waals surface area (Å²) in [5.74, 6) is -3.41. The minimum absolute atomic E-state index is 0.183. The van der Waals surface area contributed by atoms with Gasteiger partial charge in [0, 0.05) is 86.9 Å². The number of carboxylic acids is 1. The van der Waals surface area contributed by atoms with Crippen LogP contribution in [0.4, 0.5) is 35.9 Å². The molecule has 43 heavy (non-hydrogen) atoms. The molecule has 0 spiro atoms. The van der Waals surface area contributed by atoms with E-state index < -0.39 is 12.1 Å². The Hall–Kier alpha value is -4.69. The first-order valence-corrected chi connectivity index (χ1v) is 13.6. The van der Waals surface area contributed by atoms with Gasteiger partial charge in [-0.15, -0.1) is 0 Å². The number of piperazine rings is 2. The Balaban J connectivity index is 0.000000541. The Morgan fingerprint density at radius 3 is 1.56 bits per heavy atom. The molecule has 2 fully saturated rings. The third kappa shape index (κ3) is 9.15. The summed E-state index contributed by atoms with van der Waals surface area (Å²) in [5.41, 5.74) is 4.20. The fourth-order valence-corrected chi connectivity index (χ4v) is 4.45. The molecule has 2 aromatic carbocycles. The molecule has 3 heterocycles. The first-order valence-electron chi connectivity index (χ1n) is 13.6. The standard InChI is InChI=1S/C27H31N7O2.C2HF3O2/c35-26(31-21-1-5-23(6-2-21)33-15-11-28-12-16-33)20-9-10-30-25(19-20)27(36)32-22-3-7-24(8-4-22)34-17-13-29-14-18-34;3-2(4,5)1(6)7/h1-10,19,28-29H,11-18H2,(H,31,35)(H,32,36);(H,6,7). The second-order valence-corrected chi connectivity index (χ2v) is 9.71. The average Bonchev–Trinajstić information content (AvgIpc) is 3.02. The molecule has 5 N–H and O–H groups in total. The van der Waals surface area contributed by atoms with Crippen molar-refractivity contribution in [1.82, 2.24) is 15.6 Å². The van der Waals surface area contributed by atoms with Gasteiger partial charge in [0.1, 0.15) is 5.69 Å². The highest BCUT2D eigenvalue weighted by molar-refractivity contribution is 6.07. The number of amides is 2. The number of nitrogens with zero attached hydrogens (tertiary/aromatic N) is 3. The number of benzene rings is 2. The SMILES string of the molecule is O=C(Nc1ccc(N2CCNCC2)cc1)c1ccnc(C(=O)Nc2ccc(N3CCNCC3)cc2)c1.O=C(O)C(F)(F)F. The number of hydrogen-bond donors (Lipinski definition) is 5. The highest BCUT2D eigenvalue weighted by Crippen LogP contribution is 2.21. The molecule has 2 saturated heterocycles. The summed E-state index contributed by atoms with van der Waals surface area (Å²) in [6.45, 7) is 7.74. The number of pyridine rings is 1. The first-order chi connectivity index (χ1) is 20.6. The van der Waals surface area contributed by atoms with E-state index in [4.69, 9.17) is 9.90 Å². The van der Waals surface area contributed by atoms with E-state index >= 15 is 0 Å². The second-order valence-electron chi connectivity index (χ2n) is 9.71. The molecule has 3 aromatic rings.